The molecular formula is C15H19N3O3. The molecule has 0 aliphatic carbocycles. The van der Waals surface area contributed by atoms with E-state index in [0.29, 0.717) is 24.9 Å². The third kappa shape index (κ3) is 4.39. The van der Waals surface area contributed by atoms with Crippen LogP contribution < -0.4 is 5.32 Å². The van der Waals surface area contributed by atoms with Crippen molar-refractivity contribution >= 4 is 5.91 Å². The van der Waals surface area contributed by atoms with Gasteiger partial charge in [-0.05, 0) is 18.9 Å². The second-order valence-corrected chi connectivity index (χ2v) is 4.70. The maximum Gasteiger partial charge on any atom is 0.236 e. The molecule has 0 atom stereocenters. The molecular weight excluding hydrogens is 270 g/mol. The van der Waals surface area contributed by atoms with Gasteiger partial charge in [0.1, 0.15) is 6.42 Å². The molecule has 1 aromatic heterocycles. The van der Waals surface area contributed by atoms with Gasteiger partial charge < -0.3 is 14.6 Å². The van der Waals surface area contributed by atoms with E-state index in [9.17, 15) is 4.79 Å². The molecule has 0 spiro atoms. The van der Waals surface area contributed by atoms with Crippen LogP contribution in [0.4, 0.5) is 0 Å². The summed E-state index contributed by atoms with van der Waals surface area (Å²) < 4.78 is 10.0. The molecule has 1 heterocycles. The minimum Gasteiger partial charge on any atom is -0.385 e. The number of carbonyl (C=O) groups is 1. The smallest absolute Gasteiger partial charge is 0.236 e. The summed E-state index contributed by atoms with van der Waals surface area (Å²) in [6, 6.07) is 7.77. The maximum atomic E-state index is 11.7. The Hall–Kier alpha value is -2.21. The molecule has 6 heteroatoms. The summed E-state index contributed by atoms with van der Waals surface area (Å²) >= 11 is 0. The Labute approximate surface area is 123 Å². The molecule has 2 rings (SSSR count). The van der Waals surface area contributed by atoms with Crippen LogP contribution in [0.15, 0.2) is 28.8 Å². The van der Waals surface area contributed by atoms with E-state index in [4.69, 9.17) is 9.26 Å². The minimum atomic E-state index is -0.133. The Kier molecular flexibility index (Phi) is 5.45. The van der Waals surface area contributed by atoms with Gasteiger partial charge in [0.25, 0.3) is 0 Å². The molecule has 0 fully saturated rings. The van der Waals surface area contributed by atoms with Crippen LogP contribution in [-0.2, 0) is 16.0 Å². The largest absolute Gasteiger partial charge is 0.385 e. The van der Waals surface area contributed by atoms with Crippen molar-refractivity contribution in [2.75, 3.05) is 20.3 Å². The van der Waals surface area contributed by atoms with Gasteiger partial charge in [-0.2, -0.15) is 4.98 Å². The Morgan fingerprint density at radius 3 is 2.95 bits per heavy atom. The predicted molar refractivity (Wildman–Crippen MR) is 77.7 cm³/mol. The molecule has 0 saturated carbocycles. The van der Waals surface area contributed by atoms with E-state index in [1.165, 1.54) is 0 Å². The lowest BCUT2D eigenvalue weighted by atomic mass is 10.1. The van der Waals surface area contributed by atoms with Gasteiger partial charge in [-0.1, -0.05) is 29.4 Å². The highest BCUT2D eigenvalue weighted by Gasteiger charge is 2.13. The van der Waals surface area contributed by atoms with E-state index >= 15 is 0 Å². The van der Waals surface area contributed by atoms with Crippen LogP contribution in [0.5, 0.6) is 0 Å². The van der Waals surface area contributed by atoms with Crippen molar-refractivity contribution in [3.8, 4) is 11.4 Å². The van der Waals surface area contributed by atoms with Gasteiger partial charge in [0, 0.05) is 25.8 Å². The summed E-state index contributed by atoms with van der Waals surface area (Å²) in [5, 5.41) is 6.70. The third-order valence-corrected chi connectivity index (χ3v) is 3.01. The molecule has 0 aliphatic heterocycles. The van der Waals surface area contributed by atoms with Crippen molar-refractivity contribution in [2.24, 2.45) is 0 Å². The molecule has 21 heavy (non-hydrogen) atoms. The minimum absolute atomic E-state index is 0.0892. The number of carbonyl (C=O) groups excluding carboxylic acids is 1. The molecule has 1 amide bonds. The van der Waals surface area contributed by atoms with Gasteiger partial charge in [0.05, 0.1) is 0 Å². The number of aromatic nitrogens is 2. The SMILES string of the molecule is COCCCNC(=O)Cc1nc(-c2ccccc2C)no1. The summed E-state index contributed by atoms with van der Waals surface area (Å²) in [4.78, 5) is 16.0. The van der Waals surface area contributed by atoms with Gasteiger partial charge in [0.2, 0.25) is 17.6 Å². The number of ether oxygens (including phenoxy) is 1. The third-order valence-electron chi connectivity index (χ3n) is 3.01. The zero-order chi connectivity index (χ0) is 15.1. The fourth-order valence-corrected chi connectivity index (χ4v) is 1.90. The van der Waals surface area contributed by atoms with E-state index in [2.05, 4.69) is 15.5 Å². The van der Waals surface area contributed by atoms with Crippen LogP contribution in [0, 0.1) is 6.92 Å². The van der Waals surface area contributed by atoms with E-state index in [-0.39, 0.29) is 12.3 Å². The van der Waals surface area contributed by atoms with Gasteiger partial charge in [0.15, 0.2) is 0 Å². The van der Waals surface area contributed by atoms with E-state index in [1.807, 2.05) is 31.2 Å². The van der Waals surface area contributed by atoms with Crippen molar-refractivity contribution in [2.45, 2.75) is 19.8 Å². The number of rotatable bonds is 7. The molecule has 0 radical (unpaired) electrons. The summed E-state index contributed by atoms with van der Waals surface area (Å²) in [5.74, 6) is 0.693. The van der Waals surface area contributed by atoms with Crippen molar-refractivity contribution in [3.63, 3.8) is 0 Å². The van der Waals surface area contributed by atoms with Crippen LogP contribution in [0.3, 0.4) is 0 Å². The highest BCUT2D eigenvalue weighted by atomic mass is 16.5. The quantitative estimate of drug-likeness (QED) is 0.786. The van der Waals surface area contributed by atoms with Crippen LogP contribution in [-0.4, -0.2) is 36.3 Å². The number of nitrogens with zero attached hydrogens (tertiary/aromatic N) is 2. The first-order valence-corrected chi connectivity index (χ1v) is 6.85. The molecule has 1 N–H and O–H groups in total. The monoisotopic (exact) mass is 289 g/mol. The lowest BCUT2D eigenvalue weighted by Crippen LogP contribution is -2.26. The summed E-state index contributed by atoms with van der Waals surface area (Å²) in [6.07, 6.45) is 0.867. The number of methoxy groups -OCH3 is 1. The number of amides is 1. The van der Waals surface area contributed by atoms with E-state index in [1.54, 1.807) is 7.11 Å². The lowest BCUT2D eigenvalue weighted by Gasteiger charge is -2.02. The molecule has 0 unspecified atom stereocenters. The van der Waals surface area contributed by atoms with E-state index < -0.39 is 0 Å². The van der Waals surface area contributed by atoms with Crippen LogP contribution >= 0.6 is 0 Å². The van der Waals surface area contributed by atoms with Crippen LogP contribution in [0.25, 0.3) is 11.4 Å². The Bertz CT molecular complexity index is 595. The van der Waals surface area contributed by atoms with Crippen LogP contribution in [0.2, 0.25) is 0 Å². The predicted octanol–water partition coefficient (Wildman–Crippen LogP) is 1.74. The molecule has 0 saturated heterocycles. The van der Waals surface area contributed by atoms with Crippen molar-refractivity contribution in [1.82, 2.24) is 15.5 Å². The summed E-state index contributed by atoms with van der Waals surface area (Å²) in [5.41, 5.74) is 1.97. The summed E-state index contributed by atoms with van der Waals surface area (Å²) in [7, 11) is 1.63. The first kappa shape index (κ1) is 15.2. The van der Waals surface area contributed by atoms with Crippen molar-refractivity contribution in [1.29, 1.82) is 0 Å². The van der Waals surface area contributed by atoms with Crippen LogP contribution in [0.1, 0.15) is 17.9 Å². The van der Waals surface area contributed by atoms with E-state index in [0.717, 1.165) is 17.5 Å². The van der Waals surface area contributed by atoms with Crippen molar-refractivity contribution < 1.29 is 14.1 Å². The average molecular weight is 289 g/mol. The first-order valence-electron chi connectivity index (χ1n) is 6.85. The topological polar surface area (TPSA) is 77.2 Å². The van der Waals surface area contributed by atoms with Gasteiger partial charge >= 0.3 is 0 Å². The molecule has 6 nitrogen and oxygen atoms in total. The van der Waals surface area contributed by atoms with Gasteiger partial charge in [-0.15, -0.1) is 0 Å². The number of hydrogen-bond acceptors (Lipinski definition) is 5. The number of hydrogen-bond donors (Lipinski definition) is 1. The Morgan fingerprint density at radius 1 is 1.38 bits per heavy atom. The zero-order valence-corrected chi connectivity index (χ0v) is 12.3. The number of aryl methyl sites for hydroxylation is 1. The average Bonchev–Trinajstić information content (AvgIpc) is 2.92. The Morgan fingerprint density at radius 2 is 2.19 bits per heavy atom. The highest BCUT2D eigenvalue weighted by Crippen LogP contribution is 2.19. The van der Waals surface area contributed by atoms with Gasteiger partial charge in [-0.25, -0.2) is 0 Å². The van der Waals surface area contributed by atoms with Gasteiger partial charge in [-0.3, -0.25) is 4.79 Å². The normalized spacial score (nSPS) is 10.6. The molecule has 0 aliphatic rings. The molecule has 2 aromatic rings. The molecule has 1 aromatic carbocycles. The van der Waals surface area contributed by atoms with Crippen molar-refractivity contribution in [3.05, 3.63) is 35.7 Å². The second kappa shape index (κ2) is 7.54. The lowest BCUT2D eigenvalue weighted by molar-refractivity contribution is -0.120. The second-order valence-electron chi connectivity index (χ2n) is 4.70. The standard InChI is InChI=1S/C15H19N3O3/c1-11-6-3-4-7-12(11)15-17-14(21-18-15)10-13(19)16-8-5-9-20-2/h3-4,6-7H,5,8-10H2,1-2H3,(H,16,19). The fourth-order valence-electron chi connectivity index (χ4n) is 1.90. The molecule has 112 valence electrons. The Balaban J connectivity index is 1.91. The molecule has 0 bridgehead atoms. The summed E-state index contributed by atoms with van der Waals surface area (Å²) in [6.45, 7) is 3.18. The number of nitrogens with one attached hydrogen (secondary N) is 1. The number of benzene rings is 1. The zero-order valence-electron chi connectivity index (χ0n) is 12.3. The fraction of sp³-hybridized carbons (Fsp3) is 0.400. The highest BCUT2D eigenvalue weighted by molar-refractivity contribution is 5.77. The first-order chi connectivity index (χ1) is 10.2. The maximum absolute atomic E-state index is 11.7.